The summed E-state index contributed by atoms with van der Waals surface area (Å²) in [5.41, 5.74) is -2.35. The summed E-state index contributed by atoms with van der Waals surface area (Å²) in [4.78, 5) is 28.8. The second-order valence-electron chi connectivity index (χ2n) is 11.1. The lowest BCUT2D eigenvalue weighted by molar-refractivity contribution is -0.104. The van der Waals surface area contributed by atoms with E-state index in [1.165, 1.54) is 12.3 Å². The Morgan fingerprint density at radius 3 is 2.06 bits per heavy atom. The first-order valence-corrected chi connectivity index (χ1v) is 14.5. The summed E-state index contributed by atoms with van der Waals surface area (Å²) >= 11 is 0. The van der Waals surface area contributed by atoms with Gasteiger partial charge in [0.25, 0.3) is 0 Å². The van der Waals surface area contributed by atoms with Crippen LogP contribution in [0.2, 0.25) is 0 Å². The molecule has 0 amide bonds. The van der Waals surface area contributed by atoms with Gasteiger partial charge < -0.3 is 14.9 Å². The van der Waals surface area contributed by atoms with Gasteiger partial charge in [-0.05, 0) is 47.2 Å². The first-order valence-electron chi connectivity index (χ1n) is 14.5. The highest BCUT2D eigenvalue weighted by Crippen LogP contribution is 2.47. The summed E-state index contributed by atoms with van der Waals surface area (Å²) < 4.78 is 74.2. The summed E-state index contributed by atoms with van der Waals surface area (Å²) in [5.74, 6) is -6.24. The maximum absolute atomic E-state index is 16.3. The lowest BCUT2D eigenvalue weighted by Crippen LogP contribution is -2.52. The van der Waals surface area contributed by atoms with Crippen LogP contribution in [-0.2, 0) is 11.5 Å². The zero-order chi connectivity index (χ0) is 33.3. The van der Waals surface area contributed by atoms with Gasteiger partial charge in [0.1, 0.15) is 30.1 Å². The number of hydrogen-bond donors (Lipinski definition) is 2. The van der Waals surface area contributed by atoms with Gasteiger partial charge in [-0.1, -0.05) is 24.3 Å². The van der Waals surface area contributed by atoms with Crippen LogP contribution in [0.5, 0.6) is 0 Å². The zero-order valence-electron chi connectivity index (χ0n) is 24.9. The Morgan fingerprint density at radius 2 is 1.51 bits per heavy atom. The molecule has 3 aromatic heterocycles. The van der Waals surface area contributed by atoms with Gasteiger partial charge in [-0.15, -0.1) is 0 Å². The molecule has 16 heteroatoms. The molecule has 2 atom stereocenters. The van der Waals surface area contributed by atoms with E-state index in [-0.39, 0.29) is 5.82 Å². The van der Waals surface area contributed by atoms with Gasteiger partial charge in [0.05, 0.1) is 18.1 Å². The molecule has 0 saturated carbocycles. The molecule has 1 aliphatic rings. The number of hydrogen-bond acceptors (Lipinski definition) is 9. The van der Waals surface area contributed by atoms with Crippen LogP contribution in [0.25, 0.3) is 11.1 Å². The minimum absolute atomic E-state index is 0.0378. The van der Waals surface area contributed by atoms with Gasteiger partial charge >= 0.3 is 11.6 Å². The minimum atomic E-state index is -4.01. The standard InChI is InChI=1S/C31H28F5N9O2/c1-30(45-29(47)40-41-42-45,24-8-5-21(33)14-25(24)34)31(35,36)27-9-4-20(16-37-27)19-2-6-22(7-3-19)43-10-12-44(13-11-43)23-17-38-28(39-18-23)26(46)15-32/h2-9,14,16-18,26,46H,10-13,15H2,1H3,(H,40,42,47)/t26?,30-/m1/s1. The van der Waals surface area contributed by atoms with E-state index in [1.807, 2.05) is 29.4 Å². The summed E-state index contributed by atoms with van der Waals surface area (Å²) in [5, 5.41) is 18.3. The first kappa shape index (κ1) is 31.7. The van der Waals surface area contributed by atoms with Crippen LogP contribution < -0.4 is 15.5 Å². The summed E-state index contributed by atoms with van der Waals surface area (Å²) in [7, 11) is 0. The van der Waals surface area contributed by atoms with E-state index >= 15 is 8.78 Å². The quantitative estimate of drug-likeness (QED) is 0.227. The summed E-state index contributed by atoms with van der Waals surface area (Å²) in [6, 6.07) is 12.1. The number of aliphatic hydroxyl groups is 1. The highest BCUT2D eigenvalue weighted by molar-refractivity contribution is 5.66. The van der Waals surface area contributed by atoms with Crippen molar-refractivity contribution in [2.24, 2.45) is 0 Å². The lowest BCUT2D eigenvalue weighted by Gasteiger charge is -2.37. The second kappa shape index (κ2) is 12.5. The zero-order valence-corrected chi connectivity index (χ0v) is 24.9. The third-order valence-corrected chi connectivity index (χ3v) is 8.36. The summed E-state index contributed by atoms with van der Waals surface area (Å²) in [6.07, 6.45) is 3.04. The molecule has 1 fully saturated rings. The van der Waals surface area contributed by atoms with Crippen molar-refractivity contribution >= 4 is 11.4 Å². The lowest BCUT2D eigenvalue weighted by atomic mass is 9.83. The topological polar surface area (TPSA) is 129 Å². The number of aromatic amines is 1. The molecule has 11 nitrogen and oxygen atoms in total. The number of alkyl halides is 3. The number of nitrogens with one attached hydrogen (secondary N) is 1. The average Bonchev–Trinajstić information content (AvgIpc) is 3.54. The number of benzene rings is 2. The molecule has 5 aromatic rings. The number of H-pyrrole nitrogens is 1. The molecule has 1 aliphatic heterocycles. The smallest absolute Gasteiger partial charge is 0.362 e. The SMILES string of the molecule is C[C@](c1ccc(F)cc1F)(n1nn[nH]c1=O)C(F)(F)c1ccc(-c2ccc(N3CCN(c4cnc(C(O)CF)nc4)CC3)cc2)cn1. The van der Waals surface area contributed by atoms with Crippen molar-refractivity contribution in [2.45, 2.75) is 24.5 Å². The van der Waals surface area contributed by atoms with Crippen molar-refractivity contribution in [1.29, 1.82) is 0 Å². The highest BCUT2D eigenvalue weighted by Gasteiger charge is 2.58. The molecule has 0 bridgehead atoms. The molecule has 244 valence electrons. The van der Waals surface area contributed by atoms with Crippen molar-refractivity contribution < 1.29 is 27.1 Å². The van der Waals surface area contributed by atoms with Crippen molar-refractivity contribution in [1.82, 2.24) is 35.2 Å². The van der Waals surface area contributed by atoms with E-state index < -0.39 is 52.8 Å². The number of nitrogens with zero attached hydrogens (tertiary/aromatic N) is 8. The Hall–Kier alpha value is -5.25. The van der Waals surface area contributed by atoms with E-state index in [2.05, 4.69) is 35.2 Å². The largest absolute Gasteiger partial charge is 0.382 e. The number of pyridine rings is 1. The van der Waals surface area contributed by atoms with Crippen LogP contribution in [0.3, 0.4) is 0 Å². The van der Waals surface area contributed by atoms with Crippen LogP contribution in [0.4, 0.5) is 33.3 Å². The van der Waals surface area contributed by atoms with Gasteiger partial charge in [0, 0.05) is 55.3 Å². The first-order chi connectivity index (χ1) is 22.5. The van der Waals surface area contributed by atoms with E-state index in [1.54, 1.807) is 12.4 Å². The number of tetrazole rings is 1. The van der Waals surface area contributed by atoms with Gasteiger partial charge in [0.2, 0.25) is 0 Å². The predicted molar refractivity (Wildman–Crippen MR) is 161 cm³/mol. The fourth-order valence-corrected chi connectivity index (χ4v) is 5.61. The molecular formula is C31H28F5N9O2. The third-order valence-electron chi connectivity index (χ3n) is 8.36. The van der Waals surface area contributed by atoms with E-state index in [4.69, 9.17) is 0 Å². The summed E-state index contributed by atoms with van der Waals surface area (Å²) in [6.45, 7) is 2.70. The molecular weight excluding hydrogens is 625 g/mol. The molecule has 4 heterocycles. The van der Waals surface area contributed by atoms with Crippen molar-refractivity contribution in [2.75, 3.05) is 42.7 Å². The van der Waals surface area contributed by atoms with Crippen LogP contribution in [0.15, 0.2) is 78.0 Å². The fourth-order valence-electron chi connectivity index (χ4n) is 5.61. The predicted octanol–water partition coefficient (Wildman–Crippen LogP) is 3.98. The molecule has 1 saturated heterocycles. The molecule has 1 unspecified atom stereocenters. The van der Waals surface area contributed by atoms with Crippen LogP contribution in [0.1, 0.15) is 30.1 Å². The molecule has 0 aliphatic carbocycles. The number of piperazine rings is 1. The Morgan fingerprint density at radius 1 is 0.872 bits per heavy atom. The number of halogens is 5. The van der Waals surface area contributed by atoms with E-state index in [9.17, 15) is 23.1 Å². The minimum Gasteiger partial charge on any atom is -0.382 e. The molecule has 2 aromatic carbocycles. The van der Waals surface area contributed by atoms with Gasteiger partial charge in [0.15, 0.2) is 11.4 Å². The third kappa shape index (κ3) is 5.80. The van der Waals surface area contributed by atoms with Gasteiger partial charge in [-0.3, -0.25) is 4.98 Å². The fraction of sp³-hybridized carbons (Fsp3) is 0.290. The number of rotatable bonds is 9. The molecule has 0 radical (unpaired) electrons. The molecule has 6 rings (SSSR count). The Balaban J connectivity index is 1.18. The Labute approximate surface area is 264 Å². The molecule has 47 heavy (non-hydrogen) atoms. The maximum atomic E-state index is 16.3. The van der Waals surface area contributed by atoms with Gasteiger partial charge in [-0.25, -0.2) is 33.0 Å². The van der Waals surface area contributed by atoms with Gasteiger partial charge in [-0.2, -0.15) is 13.5 Å². The number of aromatic nitrogens is 7. The van der Waals surface area contributed by atoms with Crippen LogP contribution in [-0.4, -0.2) is 73.1 Å². The highest BCUT2D eigenvalue weighted by atomic mass is 19.3. The Kier molecular flexibility index (Phi) is 8.44. The Bertz CT molecular complexity index is 1890. The number of aliphatic hydroxyl groups excluding tert-OH is 1. The number of anilines is 2. The van der Waals surface area contributed by atoms with Crippen molar-refractivity contribution in [3.05, 3.63) is 112 Å². The van der Waals surface area contributed by atoms with Crippen molar-refractivity contribution in [3.8, 4) is 11.1 Å². The van der Waals surface area contributed by atoms with Crippen molar-refractivity contribution in [3.63, 3.8) is 0 Å². The normalized spacial score (nSPS) is 15.8. The molecule has 0 spiro atoms. The van der Waals surface area contributed by atoms with E-state index in [0.717, 1.165) is 36.5 Å². The maximum Gasteiger partial charge on any atom is 0.362 e. The van der Waals surface area contributed by atoms with Crippen LogP contribution >= 0.6 is 0 Å². The average molecular weight is 654 g/mol. The van der Waals surface area contributed by atoms with E-state index in [0.29, 0.717) is 48.1 Å². The monoisotopic (exact) mass is 653 g/mol. The van der Waals surface area contributed by atoms with Crippen LogP contribution in [0, 0.1) is 11.6 Å². The molecule has 2 N–H and O–H groups in total. The second-order valence-corrected chi connectivity index (χ2v) is 11.1.